The Morgan fingerprint density at radius 2 is 1.50 bits per heavy atom. The summed E-state index contributed by atoms with van der Waals surface area (Å²) in [5.41, 5.74) is 0. The summed E-state index contributed by atoms with van der Waals surface area (Å²) in [6, 6.07) is 0. The van der Waals surface area contributed by atoms with Gasteiger partial charge in [0, 0.05) is 14.0 Å². The van der Waals surface area contributed by atoms with Gasteiger partial charge >= 0.3 is 0 Å². The average molecular weight is 92.1 g/mol. The van der Waals surface area contributed by atoms with Crippen LogP contribution in [0.15, 0.2) is 0 Å². The minimum atomic E-state index is -0.833. The lowest BCUT2D eigenvalue weighted by Crippen LogP contribution is -1.78. The van der Waals surface area contributed by atoms with Gasteiger partial charge in [0.1, 0.15) is 0 Å². The van der Waals surface area contributed by atoms with Crippen molar-refractivity contribution in [2.24, 2.45) is 0 Å². The maximum Gasteiger partial charge on any atom is 0.300 e. The van der Waals surface area contributed by atoms with E-state index in [-0.39, 0.29) is 0 Å². The summed E-state index contributed by atoms with van der Waals surface area (Å²) in [5, 5.41) is 14.4. The molecule has 0 fully saturated rings. The lowest BCUT2D eigenvalue weighted by molar-refractivity contribution is -0.134. The number of aliphatic hydroxyl groups excluding tert-OH is 1. The number of aliphatic hydroxyl groups is 1. The van der Waals surface area contributed by atoms with Crippen LogP contribution in [0.2, 0.25) is 0 Å². The van der Waals surface area contributed by atoms with E-state index in [9.17, 15) is 0 Å². The Bertz CT molecular complexity index is 29.0. The van der Waals surface area contributed by atoms with Crippen LogP contribution in [0.1, 0.15) is 6.92 Å². The standard InChI is InChI=1S/C2H4O2.CH4O/c1-2(3)4;1-2/h1H3,(H,3,4);2H,1H3. The van der Waals surface area contributed by atoms with Crippen LogP contribution in [-0.2, 0) is 4.79 Å². The molecule has 0 rings (SSSR count). The van der Waals surface area contributed by atoms with Gasteiger partial charge in [-0.3, -0.25) is 4.79 Å². The van der Waals surface area contributed by atoms with Gasteiger partial charge in [-0.15, -0.1) is 0 Å². The third-order valence-electron chi connectivity index (χ3n) is 0. The van der Waals surface area contributed by atoms with Gasteiger partial charge in [0.25, 0.3) is 5.97 Å². The zero-order chi connectivity index (χ0) is 5.58. The molecule has 0 aliphatic carbocycles. The fourth-order valence-corrected chi connectivity index (χ4v) is 0. The largest absolute Gasteiger partial charge is 0.481 e. The Kier molecular flexibility index (Phi) is 13.3. The molecule has 0 heterocycles. The van der Waals surface area contributed by atoms with Crippen LogP contribution in [-0.4, -0.2) is 23.3 Å². The molecular formula is C3H8O3. The number of rotatable bonds is 0. The van der Waals surface area contributed by atoms with Crippen molar-refractivity contribution in [3.05, 3.63) is 0 Å². The summed E-state index contributed by atoms with van der Waals surface area (Å²) in [5.74, 6) is -0.833. The number of carbonyl (C=O) groups is 1. The highest BCUT2D eigenvalue weighted by molar-refractivity contribution is 5.62. The zero-order valence-electron chi connectivity index (χ0n) is 3.80. The first kappa shape index (κ1) is 9.06. The molecule has 0 saturated heterocycles. The molecule has 0 aromatic carbocycles. The molecule has 0 spiro atoms. The van der Waals surface area contributed by atoms with Crippen LogP contribution >= 0.6 is 0 Å². The third-order valence-corrected chi connectivity index (χ3v) is 0. The Balaban J connectivity index is 0. The average Bonchev–Trinajstić information content (AvgIpc) is 1.41. The Hall–Kier alpha value is -0.570. The quantitative estimate of drug-likeness (QED) is 0.431. The fraction of sp³-hybridized carbons (Fsp3) is 0.667. The van der Waals surface area contributed by atoms with E-state index in [0.29, 0.717) is 0 Å². The number of hydrogen-bond acceptors (Lipinski definition) is 2. The van der Waals surface area contributed by atoms with Gasteiger partial charge in [-0.1, -0.05) is 0 Å². The second-order valence-corrected chi connectivity index (χ2v) is 0.519. The van der Waals surface area contributed by atoms with Gasteiger partial charge in [-0.05, 0) is 0 Å². The van der Waals surface area contributed by atoms with Crippen molar-refractivity contribution >= 4 is 5.97 Å². The summed E-state index contributed by atoms with van der Waals surface area (Å²) >= 11 is 0. The van der Waals surface area contributed by atoms with Crippen molar-refractivity contribution in [2.45, 2.75) is 6.92 Å². The third kappa shape index (κ3) is 62.3. The van der Waals surface area contributed by atoms with Gasteiger partial charge in [0.05, 0.1) is 0 Å². The molecule has 0 unspecified atom stereocenters. The summed E-state index contributed by atoms with van der Waals surface area (Å²) < 4.78 is 0. The highest BCUT2D eigenvalue weighted by Gasteiger charge is 1.65. The molecule has 0 aliphatic rings. The molecule has 0 saturated carbocycles. The molecule has 0 aromatic rings. The number of aliphatic carboxylic acids is 1. The topological polar surface area (TPSA) is 57.5 Å². The van der Waals surface area contributed by atoms with Crippen molar-refractivity contribution in [2.75, 3.05) is 7.11 Å². The summed E-state index contributed by atoms with van der Waals surface area (Å²) in [6.45, 7) is 1.08. The highest BCUT2D eigenvalue weighted by atomic mass is 16.4. The molecule has 38 valence electrons. The van der Waals surface area contributed by atoms with Crippen molar-refractivity contribution in [1.82, 2.24) is 0 Å². The van der Waals surface area contributed by atoms with E-state index in [1.165, 1.54) is 0 Å². The van der Waals surface area contributed by atoms with Gasteiger partial charge in [0.2, 0.25) is 0 Å². The monoisotopic (exact) mass is 92.0 g/mol. The minimum absolute atomic E-state index is 0.833. The van der Waals surface area contributed by atoms with Crippen LogP contribution in [0, 0.1) is 0 Å². The van der Waals surface area contributed by atoms with Crippen LogP contribution in [0.4, 0.5) is 0 Å². The van der Waals surface area contributed by atoms with Crippen LogP contribution in [0.3, 0.4) is 0 Å². The molecular weight excluding hydrogens is 84.0 g/mol. The maximum absolute atomic E-state index is 9.00. The molecule has 0 radical (unpaired) electrons. The van der Waals surface area contributed by atoms with Gasteiger partial charge in [-0.25, -0.2) is 0 Å². The first-order chi connectivity index (χ1) is 2.73. The zero-order valence-corrected chi connectivity index (χ0v) is 3.80. The SMILES string of the molecule is CC(=O)O.CO. The molecule has 6 heavy (non-hydrogen) atoms. The summed E-state index contributed by atoms with van der Waals surface area (Å²) in [4.78, 5) is 9.00. The Labute approximate surface area is 36.2 Å². The maximum atomic E-state index is 9.00. The van der Waals surface area contributed by atoms with Crippen molar-refractivity contribution in [3.63, 3.8) is 0 Å². The molecule has 0 atom stereocenters. The molecule has 0 aromatic heterocycles. The summed E-state index contributed by atoms with van der Waals surface area (Å²) in [6.07, 6.45) is 0. The minimum Gasteiger partial charge on any atom is -0.481 e. The van der Waals surface area contributed by atoms with E-state index in [0.717, 1.165) is 14.0 Å². The number of carboxylic acids is 1. The van der Waals surface area contributed by atoms with Crippen LogP contribution < -0.4 is 0 Å². The van der Waals surface area contributed by atoms with E-state index in [2.05, 4.69) is 0 Å². The second kappa shape index (κ2) is 8.83. The number of carboxylic acid groups (broad SMARTS) is 1. The van der Waals surface area contributed by atoms with Gasteiger partial charge in [0.15, 0.2) is 0 Å². The molecule has 0 amide bonds. The van der Waals surface area contributed by atoms with Crippen molar-refractivity contribution in [3.8, 4) is 0 Å². The molecule has 3 heteroatoms. The molecule has 3 nitrogen and oxygen atoms in total. The van der Waals surface area contributed by atoms with E-state index in [1.54, 1.807) is 0 Å². The first-order valence-corrected chi connectivity index (χ1v) is 1.37. The molecule has 0 bridgehead atoms. The smallest absolute Gasteiger partial charge is 0.300 e. The van der Waals surface area contributed by atoms with Crippen molar-refractivity contribution < 1.29 is 15.0 Å². The number of hydrogen-bond donors (Lipinski definition) is 2. The lowest BCUT2D eigenvalue weighted by atomic mass is 10.9. The molecule has 0 aliphatic heterocycles. The van der Waals surface area contributed by atoms with E-state index in [4.69, 9.17) is 15.0 Å². The predicted octanol–water partition coefficient (Wildman–Crippen LogP) is -0.301. The van der Waals surface area contributed by atoms with E-state index in [1.807, 2.05) is 0 Å². The van der Waals surface area contributed by atoms with Crippen molar-refractivity contribution in [1.29, 1.82) is 0 Å². The Morgan fingerprint density at radius 3 is 1.50 bits per heavy atom. The predicted molar refractivity (Wildman–Crippen MR) is 21.5 cm³/mol. The van der Waals surface area contributed by atoms with E-state index >= 15 is 0 Å². The Morgan fingerprint density at radius 1 is 1.50 bits per heavy atom. The normalized spacial score (nSPS) is 5.17. The van der Waals surface area contributed by atoms with Gasteiger partial charge < -0.3 is 10.2 Å². The lowest BCUT2D eigenvalue weighted by Gasteiger charge is -1.59. The fourth-order valence-electron chi connectivity index (χ4n) is 0. The van der Waals surface area contributed by atoms with Gasteiger partial charge in [-0.2, -0.15) is 0 Å². The summed E-state index contributed by atoms with van der Waals surface area (Å²) in [7, 11) is 1.00. The van der Waals surface area contributed by atoms with Crippen LogP contribution in [0.25, 0.3) is 0 Å². The molecule has 2 N–H and O–H groups in total. The first-order valence-electron chi connectivity index (χ1n) is 1.37. The van der Waals surface area contributed by atoms with Crippen LogP contribution in [0.5, 0.6) is 0 Å². The highest BCUT2D eigenvalue weighted by Crippen LogP contribution is 1.42. The second-order valence-electron chi connectivity index (χ2n) is 0.519. The van der Waals surface area contributed by atoms with E-state index < -0.39 is 5.97 Å².